The van der Waals surface area contributed by atoms with Crippen LogP contribution in [-0.2, 0) is 6.42 Å². The molecule has 8 aromatic carbocycles. The van der Waals surface area contributed by atoms with E-state index in [1.807, 2.05) is 12.3 Å². The number of ether oxygens (including phenoxy) is 1. The molecule has 3 heterocycles. The molecular weight excluding hydrogens is 793 g/mol. The number of para-hydroxylation sites is 2. The number of pyridine rings is 1. The summed E-state index contributed by atoms with van der Waals surface area (Å²) in [5, 5.41) is 2.31. The maximum absolute atomic E-state index is 6.83. The van der Waals surface area contributed by atoms with Crippen molar-refractivity contribution < 1.29 is 9.30 Å². The van der Waals surface area contributed by atoms with Crippen LogP contribution in [0.3, 0.4) is 0 Å². The number of nitrogens with zero attached hydrogens (tertiary/aromatic N) is 4. The van der Waals surface area contributed by atoms with E-state index < -0.39 is 0 Å². The Kier molecular flexibility index (Phi) is 9.96. The van der Waals surface area contributed by atoms with Gasteiger partial charge in [0.2, 0.25) is 0 Å². The van der Waals surface area contributed by atoms with Gasteiger partial charge in [-0.15, -0.1) is 0 Å². The van der Waals surface area contributed by atoms with Crippen molar-refractivity contribution in [3.05, 3.63) is 224 Å². The fraction of sp³-hybridized carbons (Fsp3) is 0.100. The lowest BCUT2D eigenvalue weighted by Gasteiger charge is -2.18. The molecular formula is C60H48N4O. The maximum Gasteiger partial charge on any atom is 0.269 e. The van der Waals surface area contributed by atoms with Crippen molar-refractivity contribution >= 4 is 32.8 Å². The second-order valence-corrected chi connectivity index (χ2v) is 18.1. The lowest BCUT2D eigenvalue weighted by atomic mass is 9.88. The van der Waals surface area contributed by atoms with Crippen molar-refractivity contribution in [1.82, 2.24) is 14.1 Å². The van der Waals surface area contributed by atoms with Crippen molar-refractivity contribution in [3.63, 3.8) is 0 Å². The number of aryl methyl sites for hydroxylation is 1. The Balaban J connectivity index is 1.03. The number of fused-ring (bicyclic) bond motifs is 4. The van der Waals surface area contributed by atoms with Crippen LogP contribution in [0.2, 0.25) is 0 Å². The summed E-state index contributed by atoms with van der Waals surface area (Å²) >= 11 is 0. The zero-order chi connectivity index (χ0) is 44.1. The minimum Gasteiger partial charge on any atom is -0.458 e. The van der Waals surface area contributed by atoms with Crippen LogP contribution in [0.4, 0.5) is 0 Å². The number of hydrogen-bond acceptors (Lipinski definition) is 2. The Morgan fingerprint density at radius 2 is 1.20 bits per heavy atom. The molecule has 0 aliphatic rings. The molecule has 3 aromatic heterocycles. The van der Waals surface area contributed by atoms with Gasteiger partial charge in [0.1, 0.15) is 17.3 Å². The topological polar surface area (TPSA) is 35.9 Å². The summed E-state index contributed by atoms with van der Waals surface area (Å²) < 4.78 is 13.5. The van der Waals surface area contributed by atoms with Crippen molar-refractivity contribution in [1.29, 1.82) is 0 Å². The van der Waals surface area contributed by atoms with Gasteiger partial charge in [-0.3, -0.25) is 13.7 Å². The van der Waals surface area contributed by atoms with Gasteiger partial charge in [-0.25, -0.2) is 4.98 Å². The average Bonchev–Trinajstić information content (AvgIpc) is 3.88. The molecule has 11 rings (SSSR count). The molecule has 11 aromatic rings. The molecule has 0 spiro atoms. The summed E-state index contributed by atoms with van der Waals surface area (Å²) in [6, 6.07) is 70.8. The molecule has 0 aliphatic carbocycles. The summed E-state index contributed by atoms with van der Waals surface area (Å²) in [5.41, 5.74) is 15.8. The smallest absolute Gasteiger partial charge is 0.269 e. The minimum atomic E-state index is 0.140. The quantitative estimate of drug-likeness (QED) is 0.107. The molecule has 5 heteroatoms. The van der Waals surface area contributed by atoms with Crippen LogP contribution >= 0.6 is 0 Å². The molecule has 0 aliphatic heterocycles. The van der Waals surface area contributed by atoms with Gasteiger partial charge in [0.15, 0.2) is 0 Å². The van der Waals surface area contributed by atoms with E-state index in [9.17, 15) is 0 Å². The third-order valence-electron chi connectivity index (χ3n) is 12.2. The van der Waals surface area contributed by atoms with E-state index >= 15 is 0 Å². The normalized spacial score (nSPS) is 11.8. The zero-order valence-corrected chi connectivity index (χ0v) is 37.0. The van der Waals surface area contributed by atoms with Crippen molar-refractivity contribution in [3.8, 4) is 62.1 Å². The van der Waals surface area contributed by atoms with Gasteiger partial charge in [-0.1, -0.05) is 160 Å². The van der Waals surface area contributed by atoms with Crippen LogP contribution in [0.25, 0.3) is 83.4 Å². The van der Waals surface area contributed by atoms with Crippen molar-refractivity contribution in [2.75, 3.05) is 0 Å². The zero-order valence-electron chi connectivity index (χ0n) is 37.0. The van der Waals surface area contributed by atoms with Crippen LogP contribution in [0.15, 0.2) is 206 Å². The van der Waals surface area contributed by atoms with Crippen LogP contribution in [-0.4, -0.2) is 14.1 Å². The number of aromatic nitrogens is 4. The molecule has 65 heavy (non-hydrogen) atoms. The van der Waals surface area contributed by atoms with E-state index in [0.717, 1.165) is 90.4 Å². The number of imidazole rings is 1. The molecule has 0 fully saturated rings. The van der Waals surface area contributed by atoms with Gasteiger partial charge in [0, 0.05) is 23.0 Å². The highest BCUT2D eigenvalue weighted by Crippen LogP contribution is 2.39. The van der Waals surface area contributed by atoms with E-state index in [-0.39, 0.29) is 5.41 Å². The van der Waals surface area contributed by atoms with Crippen LogP contribution in [0.5, 0.6) is 11.5 Å². The number of rotatable bonds is 9. The Bertz CT molecular complexity index is 3470. The predicted octanol–water partition coefficient (Wildman–Crippen LogP) is 14.9. The number of benzene rings is 8. The molecule has 0 amide bonds. The fourth-order valence-corrected chi connectivity index (χ4v) is 9.41. The van der Waals surface area contributed by atoms with Gasteiger partial charge in [-0.2, -0.15) is 0 Å². The highest BCUT2D eigenvalue weighted by atomic mass is 16.5. The monoisotopic (exact) mass is 840 g/mol. The van der Waals surface area contributed by atoms with Gasteiger partial charge < -0.3 is 4.74 Å². The Morgan fingerprint density at radius 3 is 1.91 bits per heavy atom. The fourth-order valence-electron chi connectivity index (χ4n) is 9.41. The molecule has 0 unspecified atom stereocenters. The Hall–Kier alpha value is -8.02. The summed E-state index contributed by atoms with van der Waals surface area (Å²) in [7, 11) is 0. The molecule has 0 radical (unpaired) electrons. The van der Waals surface area contributed by atoms with Gasteiger partial charge >= 0.3 is 0 Å². The predicted molar refractivity (Wildman–Crippen MR) is 266 cm³/mol. The highest BCUT2D eigenvalue weighted by Gasteiger charge is 2.22. The Labute approximate surface area is 380 Å². The van der Waals surface area contributed by atoms with E-state index in [1.54, 1.807) is 0 Å². The van der Waals surface area contributed by atoms with Crippen LogP contribution in [0, 0.1) is 18.7 Å². The van der Waals surface area contributed by atoms with Gasteiger partial charge in [-0.05, 0) is 118 Å². The van der Waals surface area contributed by atoms with Gasteiger partial charge in [0.05, 0.1) is 33.4 Å². The maximum atomic E-state index is 6.83. The van der Waals surface area contributed by atoms with Crippen LogP contribution < -0.4 is 9.30 Å². The van der Waals surface area contributed by atoms with E-state index in [4.69, 9.17) is 9.72 Å². The summed E-state index contributed by atoms with van der Waals surface area (Å²) in [5.74, 6) is 2.36. The number of hydrogen-bond donors (Lipinski definition) is 0. The second-order valence-electron chi connectivity index (χ2n) is 18.1. The van der Waals surface area contributed by atoms with Crippen molar-refractivity contribution in [2.24, 2.45) is 5.41 Å². The molecule has 0 saturated heterocycles. The van der Waals surface area contributed by atoms with E-state index in [2.05, 4.69) is 242 Å². The lowest BCUT2D eigenvalue weighted by Crippen LogP contribution is -2.32. The third kappa shape index (κ3) is 7.55. The molecule has 5 nitrogen and oxygen atoms in total. The van der Waals surface area contributed by atoms with Gasteiger partial charge in [0.25, 0.3) is 6.33 Å². The largest absolute Gasteiger partial charge is 0.458 e. The SMILES string of the molecule is Cc1cccc2c1[n+](-c1c(-c3ccccc3)cccc1-c1ccccc1)[c-]n2-c1cccc(Oc2ccc3c4cc(-c5ccccc5)ccc4n(-c4cc(CC(C)(C)C)ccn4)c3c2)c1. The molecule has 0 N–H and O–H groups in total. The molecule has 314 valence electrons. The Morgan fingerprint density at radius 1 is 0.538 bits per heavy atom. The molecule has 0 saturated carbocycles. The summed E-state index contributed by atoms with van der Waals surface area (Å²) in [6.45, 7) is 9.01. The first-order valence-corrected chi connectivity index (χ1v) is 22.3. The first kappa shape index (κ1) is 39.8. The first-order chi connectivity index (χ1) is 31.8. The first-order valence-electron chi connectivity index (χ1n) is 22.3. The van der Waals surface area contributed by atoms with E-state index in [1.165, 1.54) is 22.1 Å². The third-order valence-corrected chi connectivity index (χ3v) is 12.2. The standard InChI is InChI=1S/C60H48N4O/c1-41-17-14-28-55-58(41)63(59-50(44-20-10-6-11-21-44)26-16-27-51(59)45-22-12-7-13-23-45)40-62(55)47-24-15-25-48(37-47)65-49-30-31-52-53-36-46(43-18-8-5-9-19-43)29-32-54(53)64(56(52)38-49)57-35-42(33-34-61-57)39-60(2,3)4/h5-38H,39H2,1-4H3. The summed E-state index contributed by atoms with van der Waals surface area (Å²) in [4.78, 5) is 4.97. The highest BCUT2D eigenvalue weighted by molar-refractivity contribution is 6.10. The average molecular weight is 841 g/mol. The lowest BCUT2D eigenvalue weighted by molar-refractivity contribution is -0.571. The van der Waals surface area contributed by atoms with Crippen LogP contribution in [0.1, 0.15) is 31.9 Å². The van der Waals surface area contributed by atoms with Crippen molar-refractivity contribution in [2.45, 2.75) is 34.1 Å². The molecule has 0 atom stereocenters. The second kappa shape index (κ2) is 16.3. The minimum absolute atomic E-state index is 0.140. The molecule has 0 bridgehead atoms. The van der Waals surface area contributed by atoms with E-state index in [0.29, 0.717) is 0 Å². The summed E-state index contributed by atoms with van der Waals surface area (Å²) in [6.07, 6.45) is 6.73.